The number of aromatic nitrogens is 2. The summed E-state index contributed by atoms with van der Waals surface area (Å²) in [6, 6.07) is 0. The third-order valence-electron chi connectivity index (χ3n) is 4.42. The van der Waals surface area contributed by atoms with Gasteiger partial charge in [-0.3, -0.25) is 0 Å². The first-order chi connectivity index (χ1) is 9.36. The van der Waals surface area contributed by atoms with E-state index in [0.29, 0.717) is 11.8 Å². The third kappa shape index (κ3) is 2.98. The molecule has 2 unspecified atom stereocenters. The van der Waals surface area contributed by atoms with Gasteiger partial charge in [-0.2, -0.15) is 4.98 Å². The molecule has 1 aromatic heterocycles. The molecule has 5 nitrogen and oxygen atoms in total. The summed E-state index contributed by atoms with van der Waals surface area (Å²) in [5, 5.41) is 7.65. The molecule has 0 saturated carbocycles. The maximum atomic E-state index is 5.51. The Balaban J connectivity index is 1.66. The molecular weight excluding hydrogens is 240 g/mol. The van der Waals surface area contributed by atoms with Gasteiger partial charge >= 0.3 is 0 Å². The van der Waals surface area contributed by atoms with Crippen LogP contribution in [-0.4, -0.2) is 47.8 Å². The zero-order chi connectivity index (χ0) is 13.1. The highest BCUT2D eigenvalue weighted by molar-refractivity contribution is 5.02. The molecule has 1 N–H and O–H groups in total. The first-order valence-electron chi connectivity index (χ1n) is 7.63. The van der Waals surface area contributed by atoms with E-state index in [0.717, 1.165) is 37.9 Å². The molecule has 0 aliphatic carbocycles. The largest absolute Gasteiger partial charge is 0.339 e. The molecule has 0 bridgehead atoms. The van der Waals surface area contributed by atoms with Gasteiger partial charge in [0, 0.05) is 19.0 Å². The smallest absolute Gasteiger partial charge is 0.231 e. The average molecular weight is 264 g/mol. The Hall–Kier alpha value is -0.940. The molecule has 2 fully saturated rings. The van der Waals surface area contributed by atoms with Crippen LogP contribution in [0.2, 0.25) is 0 Å². The van der Waals surface area contributed by atoms with E-state index >= 15 is 0 Å². The van der Waals surface area contributed by atoms with Crippen molar-refractivity contribution in [2.75, 3.05) is 32.7 Å². The summed E-state index contributed by atoms with van der Waals surface area (Å²) in [5.41, 5.74) is 0. The molecule has 0 amide bonds. The second-order valence-corrected chi connectivity index (χ2v) is 5.77. The molecular formula is C14H24N4O. The van der Waals surface area contributed by atoms with Crippen LogP contribution in [0.4, 0.5) is 0 Å². The SMILES string of the molecule is CCN1CCCC(c2noc(C3CCCNC3)n2)C1. The van der Waals surface area contributed by atoms with Crippen LogP contribution in [0, 0.1) is 0 Å². The topological polar surface area (TPSA) is 54.2 Å². The second kappa shape index (κ2) is 6.01. The molecule has 0 aromatic carbocycles. The third-order valence-corrected chi connectivity index (χ3v) is 4.42. The molecule has 3 heterocycles. The van der Waals surface area contributed by atoms with Crippen LogP contribution in [0.5, 0.6) is 0 Å². The molecule has 0 radical (unpaired) electrons. The summed E-state index contributed by atoms with van der Waals surface area (Å²) < 4.78 is 5.51. The molecule has 0 spiro atoms. The van der Waals surface area contributed by atoms with E-state index in [1.165, 1.54) is 32.2 Å². The Kier molecular flexibility index (Phi) is 4.13. The van der Waals surface area contributed by atoms with Crippen LogP contribution in [-0.2, 0) is 0 Å². The van der Waals surface area contributed by atoms with E-state index in [4.69, 9.17) is 4.52 Å². The fourth-order valence-corrected chi connectivity index (χ4v) is 3.20. The minimum atomic E-state index is 0.417. The first-order valence-corrected chi connectivity index (χ1v) is 7.63. The normalized spacial score (nSPS) is 29.5. The minimum absolute atomic E-state index is 0.417. The van der Waals surface area contributed by atoms with E-state index in [1.54, 1.807) is 0 Å². The van der Waals surface area contributed by atoms with Gasteiger partial charge in [0.25, 0.3) is 0 Å². The fraction of sp³-hybridized carbons (Fsp3) is 0.857. The zero-order valence-corrected chi connectivity index (χ0v) is 11.8. The van der Waals surface area contributed by atoms with Gasteiger partial charge in [-0.25, -0.2) is 0 Å². The van der Waals surface area contributed by atoms with Crippen LogP contribution >= 0.6 is 0 Å². The highest BCUT2D eigenvalue weighted by Crippen LogP contribution is 2.27. The fourth-order valence-electron chi connectivity index (χ4n) is 3.20. The monoisotopic (exact) mass is 264 g/mol. The van der Waals surface area contributed by atoms with Crippen LogP contribution in [0.15, 0.2) is 4.52 Å². The van der Waals surface area contributed by atoms with Crippen molar-refractivity contribution in [2.24, 2.45) is 0 Å². The summed E-state index contributed by atoms with van der Waals surface area (Å²) >= 11 is 0. The van der Waals surface area contributed by atoms with Crippen molar-refractivity contribution >= 4 is 0 Å². The molecule has 2 atom stereocenters. The van der Waals surface area contributed by atoms with Crippen molar-refractivity contribution in [3.05, 3.63) is 11.7 Å². The number of likely N-dealkylation sites (tertiary alicyclic amines) is 1. The summed E-state index contributed by atoms with van der Waals surface area (Å²) in [4.78, 5) is 7.16. The van der Waals surface area contributed by atoms with Crippen LogP contribution in [0.1, 0.15) is 56.2 Å². The van der Waals surface area contributed by atoms with E-state index in [9.17, 15) is 0 Å². The number of likely N-dealkylation sites (N-methyl/N-ethyl adjacent to an activating group) is 1. The predicted octanol–water partition coefficient (Wildman–Crippen LogP) is 1.74. The maximum Gasteiger partial charge on any atom is 0.231 e. The van der Waals surface area contributed by atoms with E-state index in [-0.39, 0.29) is 0 Å². The van der Waals surface area contributed by atoms with Crippen molar-refractivity contribution in [1.29, 1.82) is 0 Å². The van der Waals surface area contributed by atoms with Gasteiger partial charge in [-0.1, -0.05) is 12.1 Å². The Morgan fingerprint density at radius 3 is 3.00 bits per heavy atom. The van der Waals surface area contributed by atoms with Gasteiger partial charge in [0.2, 0.25) is 5.89 Å². The Labute approximate surface area is 114 Å². The van der Waals surface area contributed by atoms with Crippen molar-refractivity contribution in [3.8, 4) is 0 Å². The van der Waals surface area contributed by atoms with Gasteiger partial charge in [0.1, 0.15) is 0 Å². The van der Waals surface area contributed by atoms with Gasteiger partial charge in [0.15, 0.2) is 5.82 Å². The van der Waals surface area contributed by atoms with Crippen LogP contribution in [0.25, 0.3) is 0 Å². The number of piperidine rings is 2. The molecule has 2 saturated heterocycles. The average Bonchev–Trinajstić information content (AvgIpc) is 2.98. The van der Waals surface area contributed by atoms with Gasteiger partial charge < -0.3 is 14.7 Å². The predicted molar refractivity (Wildman–Crippen MR) is 73.2 cm³/mol. The highest BCUT2D eigenvalue weighted by Gasteiger charge is 2.27. The maximum absolute atomic E-state index is 5.51. The summed E-state index contributed by atoms with van der Waals surface area (Å²) in [5.74, 6) is 2.65. The first kappa shape index (κ1) is 13.1. The number of hydrogen-bond donors (Lipinski definition) is 1. The van der Waals surface area contributed by atoms with Crippen molar-refractivity contribution in [2.45, 2.75) is 44.4 Å². The molecule has 3 rings (SSSR count). The lowest BCUT2D eigenvalue weighted by Gasteiger charge is -2.29. The molecule has 106 valence electrons. The van der Waals surface area contributed by atoms with Gasteiger partial charge in [-0.15, -0.1) is 0 Å². The van der Waals surface area contributed by atoms with E-state index in [1.807, 2.05) is 0 Å². The van der Waals surface area contributed by atoms with Crippen LogP contribution in [0.3, 0.4) is 0 Å². The Bertz CT molecular complexity index is 400. The summed E-state index contributed by atoms with van der Waals surface area (Å²) in [6.07, 6.45) is 4.81. The highest BCUT2D eigenvalue weighted by atomic mass is 16.5. The lowest BCUT2D eigenvalue weighted by molar-refractivity contribution is 0.211. The number of rotatable bonds is 3. The van der Waals surface area contributed by atoms with Crippen LogP contribution < -0.4 is 5.32 Å². The molecule has 1 aromatic rings. The van der Waals surface area contributed by atoms with E-state index < -0.39 is 0 Å². The standard InChI is InChI=1S/C14H24N4O/c1-2-18-8-4-6-12(10-18)13-16-14(19-17-13)11-5-3-7-15-9-11/h11-12,15H,2-10H2,1H3. The molecule has 5 heteroatoms. The zero-order valence-electron chi connectivity index (χ0n) is 11.8. The number of nitrogens with one attached hydrogen (secondary N) is 1. The van der Waals surface area contributed by atoms with Crippen molar-refractivity contribution < 1.29 is 4.52 Å². The molecule has 2 aliphatic rings. The van der Waals surface area contributed by atoms with Gasteiger partial charge in [0.05, 0.1) is 5.92 Å². The molecule has 19 heavy (non-hydrogen) atoms. The van der Waals surface area contributed by atoms with E-state index in [2.05, 4.69) is 27.3 Å². The van der Waals surface area contributed by atoms with Crippen molar-refractivity contribution in [3.63, 3.8) is 0 Å². The van der Waals surface area contributed by atoms with Gasteiger partial charge in [-0.05, 0) is 45.3 Å². The quantitative estimate of drug-likeness (QED) is 0.901. The number of hydrogen-bond acceptors (Lipinski definition) is 5. The lowest BCUT2D eigenvalue weighted by Crippen LogP contribution is -2.34. The minimum Gasteiger partial charge on any atom is -0.339 e. The molecule has 2 aliphatic heterocycles. The number of nitrogens with zero attached hydrogens (tertiary/aromatic N) is 3. The van der Waals surface area contributed by atoms with Crippen molar-refractivity contribution in [1.82, 2.24) is 20.4 Å². The Morgan fingerprint density at radius 1 is 1.32 bits per heavy atom. The second-order valence-electron chi connectivity index (χ2n) is 5.77. The summed E-state index contributed by atoms with van der Waals surface area (Å²) in [6.45, 7) is 7.73. The summed E-state index contributed by atoms with van der Waals surface area (Å²) in [7, 11) is 0. The Morgan fingerprint density at radius 2 is 2.21 bits per heavy atom. The lowest BCUT2D eigenvalue weighted by atomic mass is 9.97.